The number of nitrogens with one attached hydrogen (secondary N) is 2. The summed E-state index contributed by atoms with van der Waals surface area (Å²) in [4.78, 5) is 21.9. The molecule has 0 spiro atoms. The number of piperidine rings is 1. The Labute approximate surface area is 151 Å². The minimum atomic E-state index is -0.118. The number of aromatic nitrogens is 2. The van der Waals surface area contributed by atoms with E-state index in [1.54, 1.807) is 11.1 Å². The van der Waals surface area contributed by atoms with Crippen LogP contribution in [0.5, 0.6) is 0 Å². The second-order valence-electron chi connectivity index (χ2n) is 6.00. The molecular weight excluding hydrogens is 336 g/mol. The third-order valence-corrected chi connectivity index (χ3v) is 4.76. The maximum Gasteiger partial charge on any atom is 0.236 e. The van der Waals surface area contributed by atoms with E-state index in [0.717, 1.165) is 35.1 Å². The highest BCUT2D eigenvalue weighted by molar-refractivity contribution is 7.90. The van der Waals surface area contributed by atoms with E-state index in [1.165, 1.54) is 6.20 Å². The molecule has 0 aliphatic carbocycles. The Bertz CT molecular complexity index is 852. The van der Waals surface area contributed by atoms with Crippen LogP contribution in [-0.4, -0.2) is 39.9 Å². The van der Waals surface area contributed by atoms with E-state index in [2.05, 4.69) is 27.9 Å². The van der Waals surface area contributed by atoms with Crippen molar-refractivity contribution in [1.82, 2.24) is 14.9 Å². The van der Waals surface area contributed by atoms with Gasteiger partial charge >= 0.3 is 0 Å². The number of hydrogen-bond donors (Lipinski definition) is 4. The number of nitrogens with zero attached hydrogens (tertiary/aromatic N) is 3. The lowest BCUT2D eigenvalue weighted by Crippen LogP contribution is -2.45. The summed E-state index contributed by atoms with van der Waals surface area (Å²) < 4.78 is 0. The number of hydrogen-bond acceptors (Lipinski definition) is 6. The second-order valence-corrected chi connectivity index (χ2v) is 6.48. The third-order valence-electron chi connectivity index (χ3n) is 4.37. The minimum Gasteiger partial charge on any atom is -0.404 e. The van der Waals surface area contributed by atoms with Crippen molar-refractivity contribution in [3.8, 4) is 6.07 Å². The van der Waals surface area contributed by atoms with Crippen molar-refractivity contribution in [3.63, 3.8) is 0 Å². The van der Waals surface area contributed by atoms with Gasteiger partial charge in [-0.2, -0.15) is 5.26 Å². The average molecular weight is 356 g/mol. The van der Waals surface area contributed by atoms with Gasteiger partial charge in [0.25, 0.3) is 0 Å². The number of pyridine rings is 1. The molecule has 130 valence electrons. The van der Waals surface area contributed by atoms with Gasteiger partial charge in [0.05, 0.1) is 11.8 Å². The molecule has 0 bridgehead atoms. The van der Waals surface area contributed by atoms with E-state index in [1.807, 2.05) is 18.3 Å². The lowest BCUT2D eigenvalue weighted by Gasteiger charge is -2.34. The van der Waals surface area contributed by atoms with Crippen molar-refractivity contribution in [1.29, 1.82) is 5.26 Å². The van der Waals surface area contributed by atoms with Crippen LogP contribution in [0.15, 0.2) is 24.7 Å². The predicted octanol–water partition coefficient (Wildman–Crippen LogP) is 2.07. The molecule has 0 unspecified atom stereocenters. The molecule has 3 heterocycles. The first-order valence-corrected chi connectivity index (χ1v) is 8.57. The van der Waals surface area contributed by atoms with Gasteiger partial charge in [-0.1, -0.05) is 0 Å². The first-order chi connectivity index (χ1) is 12.1. The average Bonchev–Trinajstić information content (AvgIpc) is 3.11. The van der Waals surface area contributed by atoms with Crippen molar-refractivity contribution in [2.24, 2.45) is 5.73 Å². The molecule has 0 aromatic carbocycles. The molecule has 4 N–H and O–H groups in total. The smallest absolute Gasteiger partial charge is 0.236 e. The maximum absolute atomic E-state index is 12.0. The van der Waals surface area contributed by atoms with Crippen molar-refractivity contribution < 1.29 is 4.79 Å². The van der Waals surface area contributed by atoms with Crippen LogP contribution in [0.4, 0.5) is 5.69 Å². The van der Waals surface area contributed by atoms with Crippen LogP contribution in [0.1, 0.15) is 24.8 Å². The summed E-state index contributed by atoms with van der Waals surface area (Å²) in [5, 5.41) is 13.2. The predicted molar refractivity (Wildman–Crippen MR) is 101 cm³/mol. The van der Waals surface area contributed by atoms with E-state index in [0.29, 0.717) is 18.0 Å². The van der Waals surface area contributed by atoms with Gasteiger partial charge in [-0.3, -0.25) is 4.79 Å². The number of likely N-dealkylation sites (tertiary alicyclic amines) is 1. The topological polar surface area (TPSA) is 111 Å². The number of nitriles is 1. The van der Waals surface area contributed by atoms with E-state index in [-0.39, 0.29) is 18.4 Å². The number of fused-ring (bicyclic) bond motifs is 1. The maximum atomic E-state index is 12.0. The molecule has 7 nitrogen and oxygen atoms in total. The molecule has 1 saturated heterocycles. The fourth-order valence-electron chi connectivity index (χ4n) is 3.15. The number of anilines is 1. The summed E-state index contributed by atoms with van der Waals surface area (Å²) in [6.45, 7) is 1.27. The number of rotatable bonds is 4. The second kappa shape index (κ2) is 7.49. The fraction of sp³-hybridized carbons (Fsp3) is 0.353. The van der Waals surface area contributed by atoms with E-state index >= 15 is 0 Å². The number of amides is 1. The number of carbonyl (C=O) groups is 1. The molecule has 0 radical (unpaired) electrons. The van der Waals surface area contributed by atoms with Gasteiger partial charge in [-0.05, 0) is 18.9 Å². The number of H-pyrrole nitrogens is 1. The van der Waals surface area contributed by atoms with Crippen LogP contribution in [0.2, 0.25) is 0 Å². The van der Waals surface area contributed by atoms with Crippen LogP contribution in [0.3, 0.4) is 0 Å². The largest absolute Gasteiger partial charge is 0.404 e. The van der Waals surface area contributed by atoms with Gasteiger partial charge in [0.1, 0.15) is 12.1 Å². The summed E-state index contributed by atoms with van der Waals surface area (Å²) >= 11 is 4.44. The summed E-state index contributed by atoms with van der Waals surface area (Å²) in [5.41, 5.74) is 8.13. The number of thiol groups is 1. The van der Waals surface area contributed by atoms with Crippen LogP contribution >= 0.6 is 12.6 Å². The molecule has 8 heteroatoms. The first kappa shape index (κ1) is 17.2. The number of aromatic amines is 1. The third kappa shape index (κ3) is 3.56. The molecule has 1 aliphatic heterocycles. The zero-order valence-electron chi connectivity index (χ0n) is 13.7. The number of nitrogens with two attached hydrogens (primary N) is 1. The Kier molecular flexibility index (Phi) is 5.14. The van der Waals surface area contributed by atoms with E-state index < -0.39 is 0 Å². The normalized spacial score (nSPS) is 18.2. The van der Waals surface area contributed by atoms with Crippen LogP contribution in [0.25, 0.3) is 15.9 Å². The molecule has 0 saturated carbocycles. The summed E-state index contributed by atoms with van der Waals surface area (Å²) in [5.74, 6) is -0.118. The van der Waals surface area contributed by atoms with Gasteiger partial charge < -0.3 is 20.9 Å². The number of carbonyl (C=O) groups excluding carboxylic acids is 1. The van der Waals surface area contributed by atoms with Gasteiger partial charge in [0.2, 0.25) is 5.91 Å². The van der Waals surface area contributed by atoms with Crippen molar-refractivity contribution in [2.75, 3.05) is 18.4 Å². The minimum absolute atomic E-state index is 0.0774. The molecule has 1 amide bonds. The monoisotopic (exact) mass is 356 g/mol. The van der Waals surface area contributed by atoms with Crippen molar-refractivity contribution >= 4 is 40.2 Å². The first-order valence-electron chi connectivity index (χ1n) is 8.12. The van der Waals surface area contributed by atoms with Crippen molar-refractivity contribution in [2.45, 2.75) is 25.3 Å². The highest BCUT2D eigenvalue weighted by Crippen LogP contribution is 2.33. The Morgan fingerprint density at radius 2 is 2.48 bits per heavy atom. The Morgan fingerprint density at radius 1 is 1.64 bits per heavy atom. The fourth-order valence-corrected chi connectivity index (χ4v) is 3.32. The van der Waals surface area contributed by atoms with E-state index in [9.17, 15) is 4.79 Å². The molecule has 1 atom stereocenters. The molecule has 2 aromatic heterocycles. The highest BCUT2D eigenvalue weighted by atomic mass is 32.1. The molecule has 1 aliphatic rings. The summed E-state index contributed by atoms with van der Waals surface area (Å²) in [7, 11) is 0. The molecule has 1 fully saturated rings. The van der Waals surface area contributed by atoms with Gasteiger partial charge in [0.15, 0.2) is 0 Å². The van der Waals surface area contributed by atoms with Crippen molar-refractivity contribution in [3.05, 3.63) is 30.2 Å². The van der Waals surface area contributed by atoms with Crippen LogP contribution in [-0.2, 0) is 4.79 Å². The lowest BCUT2D eigenvalue weighted by molar-refractivity contribution is -0.131. The standard InChI is InChI=1S/C17H20N6OS/c18-5-3-15(24)23-7-1-2-11(10-23)22-16-12-4-6-20-17(12)21-9-13(16)14(25)8-19/h4,6,8-9,11,25H,1-3,7,10,19H2,(H2,20,21,22)/b14-8-/t11-/m1/s1. The Balaban J connectivity index is 1.88. The highest BCUT2D eigenvalue weighted by Gasteiger charge is 2.24. The van der Waals surface area contributed by atoms with Crippen LogP contribution in [0, 0.1) is 11.3 Å². The van der Waals surface area contributed by atoms with Gasteiger partial charge in [0, 0.05) is 53.6 Å². The molecule has 2 aromatic rings. The molecule has 3 rings (SSSR count). The summed E-state index contributed by atoms with van der Waals surface area (Å²) in [6, 6.07) is 3.97. The molecule has 25 heavy (non-hydrogen) atoms. The Hall–Kier alpha value is -2.66. The lowest BCUT2D eigenvalue weighted by atomic mass is 10.0. The van der Waals surface area contributed by atoms with E-state index in [4.69, 9.17) is 11.0 Å². The zero-order valence-corrected chi connectivity index (χ0v) is 14.6. The molecular formula is C17H20N6OS. The van der Waals surface area contributed by atoms with Gasteiger partial charge in [-0.25, -0.2) is 4.98 Å². The van der Waals surface area contributed by atoms with Crippen LogP contribution < -0.4 is 11.1 Å². The zero-order chi connectivity index (χ0) is 17.8. The Morgan fingerprint density at radius 3 is 3.24 bits per heavy atom. The summed E-state index contributed by atoms with van der Waals surface area (Å²) in [6.07, 6.45) is 6.76. The van der Waals surface area contributed by atoms with Gasteiger partial charge in [-0.15, -0.1) is 12.6 Å². The SMILES string of the molecule is N#CCC(=O)N1CCC[C@@H](Nc2c(/C(S)=C/N)cnc3[nH]ccc23)C1. The quantitative estimate of drug-likeness (QED) is 0.627.